The Bertz CT molecular complexity index is 483. The Kier molecular flexibility index (Phi) is 9.71. The lowest BCUT2D eigenvalue weighted by molar-refractivity contribution is 0.194. The molecule has 0 radical (unpaired) electrons. The highest BCUT2D eigenvalue weighted by Gasteiger charge is 2.08. The molecule has 0 aliphatic heterocycles. The number of nitrogens with zero attached hydrogens (tertiary/aromatic N) is 1. The molecule has 5 nitrogen and oxygen atoms in total. The summed E-state index contributed by atoms with van der Waals surface area (Å²) in [5.41, 5.74) is 1.20. The second-order valence-electron chi connectivity index (χ2n) is 5.49. The molecule has 1 aromatic carbocycles. The summed E-state index contributed by atoms with van der Waals surface area (Å²) in [5.74, 6) is 0.926. The molecule has 130 valence electrons. The van der Waals surface area contributed by atoms with Gasteiger partial charge >= 0.3 is 6.09 Å². The molecule has 0 saturated heterocycles. The van der Waals surface area contributed by atoms with Gasteiger partial charge in [-0.3, -0.25) is 0 Å². The normalized spacial score (nSPS) is 10.8. The van der Waals surface area contributed by atoms with Crippen LogP contribution < -0.4 is 10.1 Å². The summed E-state index contributed by atoms with van der Waals surface area (Å²) in [7, 11) is 1.70. The molecule has 2 N–H and O–H groups in total. The van der Waals surface area contributed by atoms with Crippen molar-refractivity contribution in [2.75, 3.05) is 33.3 Å². The first-order valence-corrected chi connectivity index (χ1v) is 8.87. The number of nitrogens with one attached hydrogen (secondary N) is 1. The van der Waals surface area contributed by atoms with Crippen molar-refractivity contribution in [2.24, 2.45) is 0 Å². The number of hydrogen-bond acceptors (Lipinski definition) is 3. The molecule has 1 amide bonds. The fourth-order valence-electron chi connectivity index (χ4n) is 2.53. The van der Waals surface area contributed by atoms with E-state index in [9.17, 15) is 4.79 Å². The minimum absolute atomic E-state index is 0.523. The van der Waals surface area contributed by atoms with Gasteiger partial charge in [-0.2, -0.15) is 0 Å². The molecule has 0 spiro atoms. The first-order valence-electron chi connectivity index (χ1n) is 8.08. The summed E-state index contributed by atoms with van der Waals surface area (Å²) >= 11 is 3.51. The van der Waals surface area contributed by atoms with E-state index in [0.29, 0.717) is 6.54 Å². The predicted molar refractivity (Wildman–Crippen MR) is 96.4 cm³/mol. The van der Waals surface area contributed by atoms with Crippen LogP contribution in [-0.4, -0.2) is 49.4 Å². The van der Waals surface area contributed by atoms with Crippen LogP contribution in [0.3, 0.4) is 0 Å². The highest BCUT2D eigenvalue weighted by Crippen LogP contribution is 2.23. The van der Waals surface area contributed by atoms with E-state index in [1.165, 1.54) is 5.56 Å². The maximum atomic E-state index is 10.4. The van der Waals surface area contributed by atoms with Gasteiger partial charge < -0.3 is 20.1 Å². The van der Waals surface area contributed by atoms with E-state index in [-0.39, 0.29) is 0 Å². The van der Waals surface area contributed by atoms with Crippen molar-refractivity contribution in [1.82, 2.24) is 10.2 Å². The molecular weight excluding hydrogens is 360 g/mol. The van der Waals surface area contributed by atoms with E-state index in [0.717, 1.165) is 55.5 Å². The third kappa shape index (κ3) is 8.23. The summed E-state index contributed by atoms with van der Waals surface area (Å²) in [5, 5.41) is 11.0. The summed E-state index contributed by atoms with van der Waals surface area (Å²) < 4.78 is 6.49. The van der Waals surface area contributed by atoms with Gasteiger partial charge in [0.1, 0.15) is 5.75 Å². The average Bonchev–Trinajstić information content (AvgIpc) is 2.52. The van der Waals surface area contributed by atoms with E-state index >= 15 is 0 Å². The molecule has 0 heterocycles. The second kappa shape index (κ2) is 11.3. The number of benzene rings is 1. The standard InChI is InChI=1S/C17H27BrN2O3/c1-3-10-20(11-5-4-9-19-17(21)22)12-8-14-13-15(18)6-7-16(14)23-2/h6-7,13,19H,3-5,8-12H2,1-2H3,(H,21,22). The fourth-order valence-corrected chi connectivity index (χ4v) is 2.94. The minimum atomic E-state index is -0.947. The minimum Gasteiger partial charge on any atom is -0.496 e. The van der Waals surface area contributed by atoms with Crippen molar-refractivity contribution < 1.29 is 14.6 Å². The third-order valence-corrected chi connectivity index (χ3v) is 4.15. The molecule has 0 bridgehead atoms. The quantitative estimate of drug-likeness (QED) is 0.568. The first kappa shape index (κ1) is 19.8. The summed E-state index contributed by atoms with van der Waals surface area (Å²) in [6.45, 7) is 5.73. The van der Waals surface area contributed by atoms with Gasteiger partial charge in [0.25, 0.3) is 0 Å². The Balaban J connectivity index is 2.43. The summed E-state index contributed by atoms with van der Waals surface area (Å²) in [6.07, 6.45) is 2.97. The van der Waals surface area contributed by atoms with Gasteiger partial charge in [-0.15, -0.1) is 0 Å². The lowest BCUT2D eigenvalue weighted by atomic mass is 10.1. The first-order chi connectivity index (χ1) is 11.1. The number of halogens is 1. The van der Waals surface area contributed by atoms with Gasteiger partial charge in [-0.05, 0) is 62.5 Å². The van der Waals surface area contributed by atoms with E-state index < -0.39 is 6.09 Å². The van der Waals surface area contributed by atoms with Gasteiger partial charge in [-0.1, -0.05) is 22.9 Å². The lowest BCUT2D eigenvalue weighted by Gasteiger charge is -2.22. The van der Waals surface area contributed by atoms with Crippen molar-refractivity contribution in [3.63, 3.8) is 0 Å². The lowest BCUT2D eigenvalue weighted by Crippen LogP contribution is -2.29. The van der Waals surface area contributed by atoms with Crippen LogP contribution in [0.5, 0.6) is 5.75 Å². The van der Waals surface area contributed by atoms with Crippen molar-refractivity contribution >= 4 is 22.0 Å². The largest absolute Gasteiger partial charge is 0.496 e. The van der Waals surface area contributed by atoms with Gasteiger partial charge in [0.2, 0.25) is 0 Å². The number of hydrogen-bond donors (Lipinski definition) is 2. The Labute approximate surface area is 147 Å². The Morgan fingerprint density at radius 1 is 1.30 bits per heavy atom. The molecule has 0 aliphatic carbocycles. The maximum Gasteiger partial charge on any atom is 0.404 e. The highest BCUT2D eigenvalue weighted by molar-refractivity contribution is 9.10. The molecule has 0 atom stereocenters. The van der Waals surface area contributed by atoms with Crippen LogP contribution in [0.2, 0.25) is 0 Å². The number of amides is 1. The SMILES string of the molecule is CCCN(CCCCNC(=O)O)CCc1cc(Br)ccc1OC. The predicted octanol–water partition coefficient (Wildman–Crippen LogP) is 3.76. The Morgan fingerprint density at radius 2 is 2.09 bits per heavy atom. The van der Waals surface area contributed by atoms with Gasteiger partial charge in [0, 0.05) is 17.6 Å². The molecule has 0 aromatic heterocycles. The molecule has 1 aromatic rings. The molecule has 0 unspecified atom stereocenters. The monoisotopic (exact) mass is 386 g/mol. The van der Waals surface area contributed by atoms with Crippen LogP contribution in [0, 0.1) is 0 Å². The van der Waals surface area contributed by atoms with Crippen LogP contribution >= 0.6 is 15.9 Å². The molecule has 23 heavy (non-hydrogen) atoms. The van der Waals surface area contributed by atoms with E-state index in [2.05, 4.69) is 39.1 Å². The fraction of sp³-hybridized carbons (Fsp3) is 0.588. The summed E-state index contributed by atoms with van der Waals surface area (Å²) in [4.78, 5) is 12.8. The zero-order valence-corrected chi connectivity index (χ0v) is 15.6. The van der Waals surface area contributed by atoms with Crippen LogP contribution in [0.4, 0.5) is 4.79 Å². The van der Waals surface area contributed by atoms with Crippen molar-refractivity contribution in [1.29, 1.82) is 0 Å². The smallest absolute Gasteiger partial charge is 0.404 e. The van der Waals surface area contributed by atoms with Crippen LogP contribution in [-0.2, 0) is 6.42 Å². The molecule has 1 rings (SSSR count). The number of rotatable bonds is 11. The number of ether oxygens (including phenoxy) is 1. The Hall–Kier alpha value is -1.27. The Morgan fingerprint density at radius 3 is 2.74 bits per heavy atom. The zero-order valence-electron chi connectivity index (χ0n) is 14.0. The third-order valence-electron chi connectivity index (χ3n) is 3.66. The molecular formula is C17H27BrN2O3. The van der Waals surface area contributed by atoms with Gasteiger partial charge in [0.15, 0.2) is 0 Å². The number of carbonyl (C=O) groups is 1. The van der Waals surface area contributed by atoms with Crippen molar-refractivity contribution in [3.05, 3.63) is 28.2 Å². The second-order valence-corrected chi connectivity index (χ2v) is 6.40. The van der Waals surface area contributed by atoms with Crippen LogP contribution in [0.15, 0.2) is 22.7 Å². The number of methoxy groups -OCH3 is 1. The molecule has 6 heteroatoms. The number of unbranched alkanes of at least 4 members (excludes halogenated alkanes) is 1. The molecule has 0 fully saturated rings. The van der Waals surface area contributed by atoms with E-state index in [1.807, 2.05) is 12.1 Å². The highest BCUT2D eigenvalue weighted by atomic mass is 79.9. The molecule has 0 aliphatic rings. The summed E-state index contributed by atoms with van der Waals surface area (Å²) in [6, 6.07) is 6.09. The molecule has 0 saturated carbocycles. The van der Waals surface area contributed by atoms with Crippen LogP contribution in [0.1, 0.15) is 31.7 Å². The van der Waals surface area contributed by atoms with Crippen molar-refractivity contribution in [2.45, 2.75) is 32.6 Å². The van der Waals surface area contributed by atoms with Crippen molar-refractivity contribution in [3.8, 4) is 5.75 Å². The van der Waals surface area contributed by atoms with E-state index in [1.54, 1.807) is 7.11 Å². The maximum absolute atomic E-state index is 10.4. The van der Waals surface area contributed by atoms with Gasteiger partial charge in [0.05, 0.1) is 7.11 Å². The number of carboxylic acid groups (broad SMARTS) is 1. The zero-order chi connectivity index (χ0) is 17.1. The topological polar surface area (TPSA) is 61.8 Å². The van der Waals surface area contributed by atoms with E-state index in [4.69, 9.17) is 9.84 Å². The van der Waals surface area contributed by atoms with Gasteiger partial charge in [-0.25, -0.2) is 4.79 Å². The van der Waals surface area contributed by atoms with Crippen LogP contribution in [0.25, 0.3) is 0 Å². The average molecular weight is 387 g/mol.